The predicted molar refractivity (Wildman–Crippen MR) is 77.6 cm³/mol. The first-order valence-corrected chi connectivity index (χ1v) is 6.96. The van der Waals surface area contributed by atoms with Crippen LogP contribution >= 0.6 is 23.8 Å². The summed E-state index contributed by atoms with van der Waals surface area (Å²) < 4.78 is 13.5. The molecule has 0 atom stereocenters. The SMILES string of the molecule is Fc1ccc(Cl)cc1NC(=S)NC1CCCCC1. The highest BCUT2D eigenvalue weighted by Crippen LogP contribution is 2.20. The van der Waals surface area contributed by atoms with Crippen molar-refractivity contribution in [3.05, 3.63) is 29.0 Å². The van der Waals surface area contributed by atoms with Crippen LogP contribution < -0.4 is 10.6 Å². The lowest BCUT2D eigenvalue weighted by Crippen LogP contribution is -2.38. The molecule has 0 heterocycles. The number of hydrogen-bond acceptors (Lipinski definition) is 1. The van der Waals surface area contributed by atoms with Crippen molar-refractivity contribution in [3.8, 4) is 0 Å². The molecule has 1 aliphatic rings. The van der Waals surface area contributed by atoms with Crippen molar-refractivity contribution in [2.75, 3.05) is 5.32 Å². The lowest BCUT2D eigenvalue weighted by molar-refractivity contribution is 0.414. The van der Waals surface area contributed by atoms with Crippen molar-refractivity contribution in [1.29, 1.82) is 0 Å². The molecule has 5 heteroatoms. The second kappa shape index (κ2) is 6.34. The van der Waals surface area contributed by atoms with E-state index in [0.717, 1.165) is 12.8 Å². The second-order valence-electron chi connectivity index (χ2n) is 4.56. The molecule has 1 aromatic carbocycles. The van der Waals surface area contributed by atoms with Gasteiger partial charge in [0, 0.05) is 11.1 Å². The molecule has 1 saturated carbocycles. The van der Waals surface area contributed by atoms with Crippen LogP contribution in [0.15, 0.2) is 18.2 Å². The minimum Gasteiger partial charge on any atom is -0.360 e. The molecule has 1 fully saturated rings. The molecule has 0 bridgehead atoms. The summed E-state index contributed by atoms with van der Waals surface area (Å²) in [5.41, 5.74) is 0.316. The number of hydrogen-bond donors (Lipinski definition) is 2. The maximum Gasteiger partial charge on any atom is 0.171 e. The van der Waals surface area contributed by atoms with Crippen LogP contribution in [0.4, 0.5) is 10.1 Å². The topological polar surface area (TPSA) is 24.1 Å². The van der Waals surface area contributed by atoms with Crippen molar-refractivity contribution in [2.24, 2.45) is 0 Å². The molecule has 0 unspecified atom stereocenters. The van der Waals surface area contributed by atoms with Gasteiger partial charge in [0.2, 0.25) is 0 Å². The summed E-state index contributed by atoms with van der Waals surface area (Å²) in [6, 6.07) is 4.78. The molecule has 18 heavy (non-hydrogen) atoms. The van der Waals surface area contributed by atoms with Crippen molar-refractivity contribution >= 4 is 34.6 Å². The van der Waals surface area contributed by atoms with Gasteiger partial charge in [-0.15, -0.1) is 0 Å². The van der Waals surface area contributed by atoms with Crippen LogP contribution in [0.1, 0.15) is 32.1 Å². The zero-order chi connectivity index (χ0) is 13.0. The summed E-state index contributed by atoms with van der Waals surface area (Å²) >= 11 is 11.0. The van der Waals surface area contributed by atoms with Gasteiger partial charge < -0.3 is 10.6 Å². The molecule has 2 nitrogen and oxygen atoms in total. The van der Waals surface area contributed by atoms with Gasteiger partial charge in [-0.2, -0.15) is 0 Å². The van der Waals surface area contributed by atoms with Crippen molar-refractivity contribution < 1.29 is 4.39 Å². The van der Waals surface area contributed by atoms with E-state index in [2.05, 4.69) is 10.6 Å². The van der Waals surface area contributed by atoms with Gasteiger partial charge in [-0.1, -0.05) is 30.9 Å². The van der Waals surface area contributed by atoms with Gasteiger partial charge >= 0.3 is 0 Å². The molecule has 0 aromatic heterocycles. The van der Waals surface area contributed by atoms with Crippen LogP contribution in [-0.2, 0) is 0 Å². The highest BCUT2D eigenvalue weighted by molar-refractivity contribution is 7.80. The summed E-state index contributed by atoms with van der Waals surface area (Å²) in [4.78, 5) is 0. The number of benzene rings is 1. The Morgan fingerprint density at radius 1 is 1.28 bits per heavy atom. The Kier molecular flexibility index (Phi) is 4.78. The Morgan fingerprint density at radius 3 is 2.72 bits per heavy atom. The van der Waals surface area contributed by atoms with Crippen LogP contribution in [-0.4, -0.2) is 11.2 Å². The highest BCUT2D eigenvalue weighted by Gasteiger charge is 2.14. The summed E-state index contributed by atoms with van der Waals surface area (Å²) in [7, 11) is 0. The average molecular weight is 287 g/mol. The number of rotatable bonds is 2. The summed E-state index contributed by atoms with van der Waals surface area (Å²) in [6.45, 7) is 0. The molecule has 0 spiro atoms. The first-order valence-electron chi connectivity index (χ1n) is 6.18. The molecule has 1 aliphatic carbocycles. The maximum atomic E-state index is 13.5. The minimum absolute atomic E-state index is 0.316. The van der Waals surface area contributed by atoms with E-state index in [1.54, 1.807) is 0 Å². The first-order chi connectivity index (χ1) is 8.65. The van der Waals surface area contributed by atoms with Gasteiger partial charge in [-0.05, 0) is 43.3 Å². The zero-order valence-electron chi connectivity index (χ0n) is 10.0. The van der Waals surface area contributed by atoms with Crippen LogP contribution in [0.2, 0.25) is 5.02 Å². The fraction of sp³-hybridized carbons (Fsp3) is 0.462. The van der Waals surface area contributed by atoms with Gasteiger partial charge in [0.25, 0.3) is 0 Å². The largest absolute Gasteiger partial charge is 0.360 e. The van der Waals surface area contributed by atoms with E-state index in [1.165, 1.54) is 37.5 Å². The molecule has 2 rings (SSSR count). The molecule has 0 radical (unpaired) electrons. The van der Waals surface area contributed by atoms with E-state index in [-0.39, 0.29) is 5.82 Å². The quantitative estimate of drug-likeness (QED) is 0.801. The van der Waals surface area contributed by atoms with Crippen molar-refractivity contribution in [1.82, 2.24) is 5.32 Å². The number of nitrogens with one attached hydrogen (secondary N) is 2. The molecule has 1 aromatic rings. The molecule has 2 N–H and O–H groups in total. The third-order valence-corrected chi connectivity index (χ3v) is 3.57. The summed E-state index contributed by atoms with van der Waals surface area (Å²) in [5.74, 6) is -0.354. The minimum atomic E-state index is -0.354. The van der Waals surface area contributed by atoms with Crippen molar-refractivity contribution in [2.45, 2.75) is 38.1 Å². The van der Waals surface area contributed by atoms with E-state index in [9.17, 15) is 4.39 Å². The van der Waals surface area contributed by atoms with E-state index >= 15 is 0 Å². The van der Waals surface area contributed by atoms with Gasteiger partial charge in [0.05, 0.1) is 5.69 Å². The van der Waals surface area contributed by atoms with Gasteiger partial charge in [-0.25, -0.2) is 4.39 Å². The van der Waals surface area contributed by atoms with Crippen LogP contribution in [0.5, 0.6) is 0 Å². The van der Waals surface area contributed by atoms with E-state index in [4.69, 9.17) is 23.8 Å². The maximum absolute atomic E-state index is 13.5. The van der Waals surface area contributed by atoms with E-state index in [0.29, 0.717) is 21.9 Å². The van der Waals surface area contributed by atoms with Crippen LogP contribution in [0.3, 0.4) is 0 Å². The molecule has 98 valence electrons. The van der Waals surface area contributed by atoms with E-state index < -0.39 is 0 Å². The fourth-order valence-corrected chi connectivity index (χ4v) is 2.63. The van der Waals surface area contributed by atoms with Gasteiger partial charge in [0.1, 0.15) is 5.82 Å². The summed E-state index contributed by atoms with van der Waals surface area (Å²) in [5, 5.41) is 7.03. The molecular formula is C13H16ClFN2S. The lowest BCUT2D eigenvalue weighted by atomic mass is 9.96. The normalized spacial score (nSPS) is 16.3. The number of halogens is 2. The monoisotopic (exact) mass is 286 g/mol. The Morgan fingerprint density at radius 2 is 2.00 bits per heavy atom. The first kappa shape index (κ1) is 13.6. The van der Waals surface area contributed by atoms with E-state index in [1.807, 2.05) is 0 Å². The standard InChI is InChI=1S/C13H16ClFN2S/c14-9-6-7-11(15)12(8-9)17-13(18)16-10-4-2-1-3-5-10/h6-8,10H,1-5H2,(H2,16,17,18). The third kappa shape index (κ3) is 3.82. The predicted octanol–water partition coefficient (Wildman–Crippen LogP) is 4.10. The Labute approximate surface area is 117 Å². The fourth-order valence-electron chi connectivity index (χ4n) is 2.18. The Balaban J connectivity index is 1.92. The lowest BCUT2D eigenvalue weighted by Gasteiger charge is -2.24. The van der Waals surface area contributed by atoms with Crippen LogP contribution in [0, 0.1) is 5.82 Å². The second-order valence-corrected chi connectivity index (χ2v) is 5.40. The summed E-state index contributed by atoms with van der Waals surface area (Å²) in [6.07, 6.45) is 6.00. The number of thiocarbonyl (C=S) groups is 1. The molecular weight excluding hydrogens is 271 g/mol. The third-order valence-electron chi connectivity index (χ3n) is 3.12. The zero-order valence-corrected chi connectivity index (χ0v) is 11.6. The Hall–Kier alpha value is -0.870. The van der Waals surface area contributed by atoms with Crippen molar-refractivity contribution in [3.63, 3.8) is 0 Å². The van der Waals surface area contributed by atoms with Crippen LogP contribution in [0.25, 0.3) is 0 Å². The number of anilines is 1. The smallest absolute Gasteiger partial charge is 0.171 e. The van der Waals surface area contributed by atoms with Gasteiger partial charge in [0.15, 0.2) is 5.11 Å². The highest BCUT2D eigenvalue weighted by atomic mass is 35.5. The molecule has 0 saturated heterocycles. The van der Waals surface area contributed by atoms with Gasteiger partial charge in [-0.3, -0.25) is 0 Å². The Bertz CT molecular complexity index is 433. The molecule has 0 aliphatic heterocycles. The average Bonchev–Trinajstić information content (AvgIpc) is 2.35. The molecule has 0 amide bonds.